The zero-order valence-corrected chi connectivity index (χ0v) is 16.8. The minimum absolute atomic E-state index is 0.202. The molecule has 2 aromatic heterocycles. The van der Waals surface area contributed by atoms with Gasteiger partial charge in [-0.05, 0) is 48.5 Å². The van der Waals surface area contributed by atoms with Gasteiger partial charge in [0.15, 0.2) is 0 Å². The summed E-state index contributed by atoms with van der Waals surface area (Å²) in [5.74, 6) is 1.17. The second-order valence-corrected chi connectivity index (χ2v) is 6.93. The van der Waals surface area contributed by atoms with Crippen molar-refractivity contribution in [2.75, 3.05) is 10.6 Å². The van der Waals surface area contributed by atoms with E-state index in [0.29, 0.717) is 28.6 Å². The van der Waals surface area contributed by atoms with E-state index in [4.69, 9.17) is 22.7 Å². The molecule has 0 atom stereocenters. The Morgan fingerprint density at radius 3 is 2.53 bits per heavy atom. The Bertz CT molecular complexity index is 1240. The first-order valence-electron chi connectivity index (χ1n) is 9.01. The minimum Gasteiger partial charge on any atom is -0.457 e. The summed E-state index contributed by atoms with van der Waals surface area (Å²) >= 11 is 4.92. The molecule has 0 aliphatic heterocycles. The van der Waals surface area contributed by atoms with Gasteiger partial charge >= 0.3 is 6.03 Å². The van der Waals surface area contributed by atoms with Crippen LogP contribution in [0, 0.1) is 0 Å². The number of carbonyl (C=O) groups excluding carboxylic acids is 1. The van der Waals surface area contributed by atoms with E-state index in [1.807, 2.05) is 25.2 Å². The van der Waals surface area contributed by atoms with Crippen LogP contribution in [-0.2, 0) is 7.05 Å². The van der Waals surface area contributed by atoms with Crippen molar-refractivity contribution < 1.29 is 9.53 Å². The molecule has 9 heteroatoms. The van der Waals surface area contributed by atoms with Crippen LogP contribution < -0.4 is 21.1 Å². The van der Waals surface area contributed by atoms with E-state index in [1.165, 1.54) is 0 Å². The van der Waals surface area contributed by atoms with Crippen LogP contribution in [0.15, 0.2) is 67.0 Å². The molecule has 0 fully saturated rings. The number of urea groups is 1. The van der Waals surface area contributed by atoms with Crippen molar-refractivity contribution in [3.63, 3.8) is 0 Å². The number of nitrogens with two attached hydrogens (primary N) is 1. The van der Waals surface area contributed by atoms with Gasteiger partial charge in [-0.25, -0.2) is 4.79 Å². The Morgan fingerprint density at radius 1 is 1.03 bits per heavy atom. The monoisotopic (exact) mass is 418 g/mol. The zero-order valence-electron chi connectivity index (χ0n) is 16.0. The van der Waals surface area contributed by atoms with E-state index < -0.39 is 0 Å². The third-order valence-corrected chi connectivity index (χ3v) is 4.54. The Labute approximate surface area is 177 Å². The van der Waals surface area contributed by atoms with Gasteiger partial charge < -0.3 is 21.1 Å². The van der Waals surface area contributed by atoms with E-state index in [-0.39, 0.29) is 11.0 Å². The zero-order chi connectivity index (χ0) is 21.1. The van der Waals surface area contributed by atoms with Crippen LogP contribution in [0.4, 0.5) is 16.2 Å². The molecular formula is C21H18N6O2S. The first-order chi connectivity index (χ1) is 14.5. The summed E-state index contributed by atoms with van der Waals surface area (Å²) in [6.45, 7) is 0. The number of amides is 2. The standard InChI is InChI=1S/C21H18N6O2S/c1-27-19-7-4-15(10-13(19)12-24-27)26-21(28)25-14-2-5-16(6-3-14)29-17-8-9-23-18(11-17)20(22)30/h2-12H,1H3,(H2,22,30)(H2,25,26,28). The third kappa shape index (κ3) is 4.36. The van der Waals surface area contributed by atoms with Crippen LogP contribution in [0.2, 0.25) is 0 Å². The Hall–Kier alpha value is -3.98. The van der Waals surface area contributed by atoms with Gasteiger partial charge in [-0.3, -0.25) is 9.67 Å². The van der Waals surface area contributed by atoms with Crippen molar-refractivity contribution >= 4 is 45.5 Å². The van der Waals surface area contributed by atoms with Crippen LogP contribution in [0.25, 0.3) is 10.9 Å². The highest BCUT2D eigenvalue weighted by atomic mass is 32.1. The smallest absolute Gasteiger partial charge is 0.323 e. The average molecular weight is 418 g/mol. The molecule has 4 aromatic rings. The summed E-state index contributed by atoms with van der Waals surface area (Å²) in [7, 11) is 1.87. The van der Waals surface area contributed by atoms with Gasteiger partial charge in [-0.15, -0.1) is 0 Å². The fourth-order valence-corrected chi connectivity index (χ4v) is 3.00. The largest absolute Gasteiger partial charge is 0.457 e. The molecule has 0 radical (unpaired) electrons. The molecule has 0 spiro atoms. The maximum Gasteiger partial charge on any atom is 0.323 e. The number of hydrogen-bond donors (Lipinski definition) is 3. The van der Waals surface area contributed by atoms with Crippen molar-refractivity contribution in [3.05, 3.63) is 72.7 Å². The van der Waals surface area contributed by atoms with E-state index in [1.54, 1.807) is 53.5 Å². The lowest BCUT2D eigenvalue weighted by Crippen LogP contribution is -2.19. The first-order valence-corrected chi connectivity index (χ1v) is 9.42. The second kappa shape index (κ2) is 8.18. The molecule has 8 nitrogen and oxygen atoms in total. The quantitative estimate of drug-likeness (QED) is 0.422. The first kappa shape index (κ1) is 19.3. The predicted octanol–water partition coefficient (Wildman–Crippen LogP) is 4.04. The minimum atomic E-state index is -0.345. The lowest BCUT2D eigenvalue weighted by atomic mass is 10.2. The molecule has 2 heterocycles. The number of pyridine rings is 1. The third-order valence-electron chi connectivity index (χ3n) is 4.34. The van der Waals surface area contributed by atoms with Crippen molar-refractivity contribution in [1.29, 1.82) is 0 Å². The number of ether oxygens (including phenoxy) is 1. The molecule has 0 unspecified atom stereocenters. The Kier molecular flexibility index (Phi) is 5.27. The molecule has 0 saturated carbocycles. The summed E-state index contributed by atoms with van der Waals surface area (Å²) in [5, 5.41) is 10.7. The molecule has 2 amide bonds. The van der Waals surface area contributed by atoms with E-state index in [9.17, 15) is 4.79 Å². The van der Waals surface area contributed by atoms with Crippen molar-refractivity contribution in [2.45, 2.75) is 0 Å². The SMILES string of the molecule is Cn1ncc2cc(NC(=O)Nc3ccc(Oc4ccnc(C(N)=S)c4)cc3)ccc21. The van der Waals surface area contributed by atoms with Gasteiger partial charge in [-0.2, -0.15) is 5.10 Å². The molecule has 150 valence electrons. The number of benzene rings is 2. The highest BCUT2D eigenvalue weighted by molar-refractivity contribution is 7.80. The molecule has 30 heavy (non-hydrogen) atoms. The van der Waals surface area contributed by atoms with E-state index >= 15 is 0 Å². The van der Waals surface area contributed by atoms with Crippen LogP contribution in [0.5, 0.6) is 11.5 Å². The number of aryl methyl sites for hydroxylation is 1. The molecule has 0 aliphatic rings. The fourth-order valence-electron chi connectivity index (χ4n) is 2.89. The lowest BCUT2D eigenvalue weighted by Gasteiger charge is -2.10. The number of thiocarbonyl (C=S) groups is 1. The van der Waals surface area contributed by atoms with Crippen LogP contribution in [0.1, 0.15) is 5.69 Å². The predicted molar refractivity (Wildman–Crippen MR) is 120 cm³/mol. The number of nitrogens with zero attached hydrogens (tertiary/aromatic N) is 3. The van der Waals surface area contributed by atoms with Crippen LogP contribution in [0.3, 0.4) is 0 Å². The van der Waals surface area contributed by atoms with Crippen LogP contribution >= 0.6 is 12.2 Å². The summed E-state index contributed by atoms with van der Waals surface area (Å²) < 4.78 is 7.55. The average Bonchev–Trinajstić information content (AvgIpc) is 3.10. The van der Waals surface area contributed by atoms with Gasteiger partial charge in [0, 0.05) is 36.1 Å². The van der Waals surface area contributed by atoms with Crippen LogP contribution in [-0.4, -0.2) is 25.8 Å². The summed E-state index contributed by atoms with van der Waals surface area (Å²) in [6.07, 6.45) is 3.33. The van der Waals surface area contributed by atoms with Gasteiger partial charge in [0.25, 0.3) is 0 Å². The maximum absolute atomic E-state index is 12.3. The maximum atomic E-state index is 12.3. The summed E-state index contributed by atoms with van der Waals surface area (Å²) in [6, 6.07) is 15.6. The topological polar surface area (TPSA) is 107 Å². The number of anilines is 2. The van der Waals surface area contributed by atoms with Crippen molar-refractivity contribution in [2.24, 2.45) is 12.8 Å². The number of hydrogen-bond acceptors (Lipinski definition) is 5. The Balaban J connectivity index is 1.38. The van der Waals surface area contributed by atoms with E-state index in [2.05, 4.69) is 20.7 Å². The van der Waals surface area contributed by atoms with Gasteiger partial charge in [0.1, 0.15) is 22.2 Å². The molecule has 0 bridgehead atoms. The second-order valence-electron chi connectivity index (χ2n) is 6.49. The summed E-state index contributed by atoms with van der Waals surface area (Å²) in [4.78, 5) is 16.6. The molecular weight excluding hydrogens is 400 g/mol. The normalized spacial score (nSPS) is 10.6. The fraction of sp³-hybridized carbons (Fsp3) is 0.0476. The number of nitrogens with one attached hydrogen (secondary N) is 2. The summed E-state index contributed by atoms with van der Waals surface area (Å²) in [5.41, 5.74) is 8.37. The molecule has 4 N–H and O–H groups in total. The number of rotatable bonds is 5. The number of fused-ring (bicyclic) bond motifs is 1. The van der Waals surface area contributed by atoms with Crippen molar-refractivity contribution in [3.8, 4) is 11.5 Å². The number of carbonyl (C=O) groups is 1. The molecule has 0 aliphatic carbocycles. The Morgan fingerprint density at radius 2 is 1.77 bits per heavy atom. The van der Waals surface area contributed by atoms with Gasteiger partial charge in [0.05, 0.1) is 11.7 Å². The highest BCUT2D eigenvalue weighted by Crippen LogP contribution is 2.24. The van der Waals surface area contributed by atoms with Gasteiger partial charge in [-0.1, -0.05) is 12.2 Å². The van der Waals surface area contributed by atoms with Crippen molar-refractivity contribution in [1.82, 2.24) is 14.8 Å². The van der Waals surface area contributed by atoms with Gasteiger partial charge in [0.2, 0.25) is 0 Å². The number of aromatic nitrogens is 3. The lowest BCUT2D eigenvalue weighted by molar-refractivity contribution is 0.262. The van der Waals surface area contributed by atoms with E-state index in [0.717, 1.165) is 10.9 Å². The molecule has 2 aromatic carbocycles. The highest BCUT2D eigenvalue weighted by Gasteiger charge is 2.07. The molecule has 0 saturated heterocycles. The molecule has 4 rings (SSSR count).